The van der Waals surface area contributed by atoms with Crippen molar-refractivity contribution < 1.29 is 4.39 Å². The molecule has 0 spiro atoms. The van der Waals surface area contributed by atoms with E-state index in [1.54, 1.807) is 6.20 Å². The van der Waals surface area contributed by atoms with Gasteiger partial charge in [0.15, 0.2) is 0 Å². The molecule has 0 saturated carbocycles. The quantitative estimate of drug-likeness (QED) is 0.915. The van der Waals surface area contributed by atoms with Gasteiger partial charge in [-0.25, -0.2) is 9.07 Å². The molecule has 6 heteroatoms. The van der Waals surface area contributed by atoms with Gasteiger partial charge >= 0.3 is 0 Å². The summed E-state index contributed by atoms with van der Waals surface area (Å²) >= 11 is 5.97. The molecule has 0 bridgehead atoms. The first-order chi connectivity index (χ1) is 8.11. The lowest BCUT2D eigenvalue weighted by atomic mass is 10.2. The lowest BCUT2D eigenvalue weighted by Gasteiger charge is -2.04. The molecule has 0 aliphatic carbocycles. The molecule has 2 aromatic rings. The standard InChI is InChI=1S/C11H12ClFN4/c1-2-9(14)10-6-17(16-15-10)11-5-7(13)3-4-8(11)12/h3-6,9H,2,14H2,1H3. The molecule has 17 heavy (non-hydrogen) atoms. The molecule has 2 N–H and O–H groups in total. The van der Waals surface area contributed by atoms with Crippen molar-refractivity contribution in [3.8, 4) is 5.69 Å². The van der Waals surface area contributed by atoms with Crippen LogP contribution in [0.25, 0.3) is 5.69 Å². The Morgan fingerprint density at radius 3 is 3.00 bits per heavy atom. The van der Waals surface area contributed by atoms with Crippen molar-refractivity contribution in [1.82, 2.24) is 15.0 Å². The predicted molar refractivity (Wildman–Crippen MR) is 63.5 cm³/mol. The van der Waals surface area contributed by atoms with Crippen molar-refractivity contribution >= 4 is 11.6 Å². The maximum Gasteiger partial charge on any atom is 0.125 e. The summed E-state index contributed by atoms with van der Waals surface area (Å²) in [7, 11) is 0. The van der Waals surface area contributed by atoms with Crippen LogP contribution in [0.2, 0.25) is 5.02 Å². The second-order valence-corrected chi connectivity index (χ2v) is 4.11. The zero-order valence-corrected chi connectivity index (χ0v) is 10.0. The van der Waals surface area contributed by atoms with E-state index in [9.17, 15) is 4.39 Å². The topological polar surface area (TPSA) is 56.7 Å². The van der Waals surface area contributed by atoms with E-state index < -0.39 is 0 Å². The maximum absolute atomic E-state index is 13.1. The molecule has 90 valence electrons. The van der Waals surface area contributed by atoms with E-state index >= 15 is 0 Å². The summed E-state index contributed by atoms with van der Waals surface area (Å²) in [6.07, 6.45) is 2.42. The molecule has 1 aromatic carbocycles. The number of benzene rings is 1. The smallest absolute Gasteiger partial charge is 0.125 e. The maximum atomic E-state index is 13.1. The predicted octanol–water partition coefficient (Wildman–Crippen LogP) is 2.47. The van der Waals surface area contributed by atoms with E-state index in [1.165, 1.54) is 22.9 Å². The Kier molecular flexibility index (Phi) is 3.40. The molecular weight excluding hydrogens is 243 g/mol. The normalized spacial score (nSPS) is 12.7. The summed E-state index contributed by atoms with van der Waals surface area (Å²) in [5, 5.41) is 8.24. The van der Waals surface area contributed by atoms with Crippen LogP contribution in [0.15, 0.2) is 24.4 Å². The molecule has 0 aliphatic heterocycles. The summed E-state index contributed by atoms with van der Waals surface area (Å²) in [6.45, 7) is 1.96. The summed E-state index contributed by atoms with van der Waals surface area (Å²) in [6, 6.07) is 3.91. The minimum Gasteiger partial charge on any atom is -0.323 e. The van der Waals surface area contributed by atoms with Crippen molar-refractivity contribution in [3.63, 3.8) is 0 Å². The van der Waals surface area contributed by atoms with Crippen LogP contribution in [0.1, 0.15) is 25.1 Å². The summed E-state index contributed by atoms with van der Waals surface area (Å²) in [5.74, 6) is -0.374. The van der Waals surface area contributed by atoms with E-state index in [2.05, 4.69) is 10.3 Å². The summed E-state index contributed by atoms with van der Waals surface area (Å²) in [4.78, 5) is 0. The van der Waals surface area contributed by atoms with Crippen molar-refractivity contribution in [3.05, 3.63) is 40.9 Å². The van der Waals surface area contributed by atoms with Crippen LogP contribution < -0.4 is 5.73 Å². The molecule has 4 nitrogen and oxygen atoms in total. The first kappa shape index (κ1) is 12.0. The third-order valence-corrected chi connectivity index (χ3v) is 2.81. The number of halogens is 2. The molecule has 0 fully saturated rings. The highest BCUT2D eigenvalue weighted by molar-refractivity contribution is 6.32. The molecule has 1 unspecified atom stereocenters. The Morgan fingerprint density at radius 2 is 2.29 bits per heavy atom. The van der Waals surface area contributed by atoms with Gasteiger partial charge in [-0.2, -0.15) is 0 Å². The summed E-state index contributed by atoms with van der Waals surface area (Å²) in [5.41, 5.74) is 6.94. The molecule has 0 aliphatic rings. The number of nitrogens with two attached hydrogens (primary N) is 1. The van der Waals surface area contributed by atoms with E-state index in [0.29, 0.717) is 16.4 Å². The third kappa shape index (κ3) is 2.45. The summed E-state index contributed by atoms with van der Waals surface area (Å²) < 4.78 is 14.5. The van der Waals surface area contributed by atoms with E-state index in [1.807, 2.05) is 6.92 Å². The fourth-order valence-electron chi connectivity index (χ4n) is 1.43. The van der Waals surface area contributed by atoms with Crippen LogP contribution in [0.5, 0.6) is 0 Å². The molecule has 0 amide bonds. The molecule has 1 atom stereocenters. The third-order valence-electron chi connectivity index (χ3n) is 2.49. The Labute approximate surface area is 103 Å². The lowest BCUT2D eigenvalue weighted by molar-refractivity contribution is 0.624. The van der Waals surface area contributed by atoms with Crippen molar-refractivity contribution in [2.75, 3.05) is 0 Å². The number of hydrogen-bond donors (Lipinski definition) is 1. The Balaban J connectivity index is 2.40. The zero-order chi connectivity index (χ0) is 12.4. The van der Waals surface area contributed by atoms with Gasteiger partial charge in [-0.1, -0.05) is 23.7 Å². The van der Waals surface area contributed by atoms with Gasteiger partial charge in [-0.15, -0.1) is 5.10 Å². The largest absolute Gasteiger partial charge is 0.323 e. The molecule has 1 heterocycles. The Morgan fingerprint density at radius 1 is 1.53 bits per heavy atom. The molecule has 0 saturated heterocycles. The average molecular weight is 255 g/mol. The average Bonchev–Trinajstić information content (AvgIpc) is 2.80. The molecule has 2 rings (SSSR count). The SMILES string of the molecule is CCC(N)c1cn(-c2cc(F)ccc2Cl)nn1. The Bertz CT molecular complexity index is 526. The van der Waals surface area contributed by atoms with E-state index in [-0.39, 0.29) is 11.9 Å². The van der Waals surface area contributed by atoms with Crippen LogP contribution in [0, 0.1) is 5.82 Å². The van der Waals surface area contributed by atoms with Gasteiger partial charge in [0.2, 0.25) is 0 Å². The minimum atomic E-state index is -0.374. The highest BCUT2D eigenvalue weighted by Gasteiger charge is 2.11. The number of nitrogens with zero attached hydrogens (tertiary/aromatic N) is 3. The molecular formula is C11H12ClFN4. The number of hydrogen-bond acceptors (Lipinski definition) is 3. The van der Waals surface area contributed by atoms with Gasteiger partial charge in [-0.05, 0) is 18.6 Å². The van der Waals surface area contributed by atoms with Crippen molar-refractivity contribution in [1.29, 1.82) is 0 Å². The van der Waals surface area contributed by atoms with Gasteiger partial charge in [-0.3, -0.25) is 0 Å². The van der Waals surface area contributed by atoms with Crippen LogP contribution >= 0.6 is 11.6 Å². The first-order valence-electron chi connectivity index (χ1n) is 5.25. The highest BCUT2D eigenvalue weighted by atomic mass is 35.5. The fourth-order valence-corrected chi connectivity index (χ4v) is 1.64. The highest BCUT2D eigenvalue weighted by Crippen LogP contribution is 2.21. The van der Waals surface area contributed by atoms with Crippen LogP contribution in [-0.2, 0) is 0 Å². The Hall–Kier alpha value is -1.46. The zero-order valence-electron chi connectivity index (χ0n) is 9.27. The molecule has 0 radical (unpaired) electrons. The second-order valence-electron chi connectivity index (χ2n) is 3.70. The van der Waals surface area contributed by atoms with E-state index in [4.69, 9.17) is 17.3 Å². The van der Waals surface area contributed by atoms with Gasteiger partial charge in [0, 0.05) is 6.07 Å². The van der Waals surface area contributed by atoms with Gasteiger partial charge in [0.05, 0.1) is 28.6 Å². The first-order valence-corrected chi connectivity index (χ1v) is 5.63. The van der Waals surface area contributed by atoms with Crippen LogP contribution in [0.3, 0.4) is 0 Å². The van der Waals surface area contributed by atoms with Crippen LogP contribution in [0.4, 0.5) is 4.39 Å². The fraction of sp³-hybridized carbons (Fsp3) is 0.273. The van der Waals surface area contributed by atoms with E-state index in [0.717, 1.165) is 6.42 Å². The monoisotopic (exact) mass is 254 g/mol. The number of rotatable bonds is 3. The van der Waals surface area contributed by atoms with Gasteiger partial charge < -0.3 is 5.73 Å². The van der Waals surface area contributed by atoms with Gasteiger partial charge in [0.1, 0.15) is 5.82 Å². The van der Waals surface area contributed by atoms with Gasteiger partial charge in [0.25, 0.3) is 0 Å². The second kappa shape index (κ2) is 4.81. The molecule has 1 aromatic heterocycles. The number of aromatic nitrogens is 3. The van der Waals surface area contributed by atoms with Crippen LogP contribution in [-0.4, -0.2) is 15.0 Å². The van der Waals surface area contributed by atoms with Crippen molar-refractivity contribution in [2.24, 2.45) is 5.73 Å². The lowest BCUT2D eigenvalue weighted by Crippen LogP contribution is -2.08. The minimum absolute atomic E-state index is 0.170. The van der Waals surface area contributed by atoms with Crippen molar-refractivity contribution in [2.45, 2.75) is 19.4 Å².